The summed E-state index contributed by atoms with van der Waals surface area (Å²) in [6.45, 7) is 8.37. The molecule has 3 aromatic rings. The van der Waals surface area contributed by atoms with Crippen LogP contribution in [0.15, 0.2) is 54.0 Å². The van der Waals surface area contributed by atoms with Gasteiger partial charge in [-0.25, -0.2) is 0 Å². The van der Waals surface area contributed by atoms with Gasteiger partial charge in [-0.3, -0.25) is 9.48 Å². The first-order valence-electron chi connectivity index (χ1n) is 9.37. The lowest BCUT2D eigenvalue weighted by Crippen LogP contribution is -2.34. The van der Waals surface area contributed by atoms with Crippen molar-refractivity contribution in [2.75, 3.05) is 26.2 Å². The van der Waals surface area contributed by atoms with Gasteiger partial charge in [0.25, 0.3) is 5.91 Å². The van der Waals surface area contributed by atoms with Crippen molar-refractivity contribution in [2.24, 2.45) is 0 Å². The Hall–Kier alpha value is -2.44. The van der Waals surface area contributed by atoms with Crippen molar-refractivity contribution in [3.05, 3.63) is 65.2 Å². The van der Waals surface area contributed by atoms with Gasteiger partial charge in [-0.1, -0.05) is 50.2 Å². The monoisotopic (exact) mass is 382 g/mol. The predicted molar refractivity (Wildman–Crippen MR) is 111 cm³/mol. The van der Waals surface area contributed by atoms with E-state index in [1.54, 1.807) is 11.3 Å². The highest BCUT2D eigenvalue weighted by atomic mass is 32.1. The molecule has 2 heterocycles. The molecule has 0 saturated carbocycles. The van der Waals surface area contributed by atoms with Crippen molar-refractivity contribution in [1.82, 2.24) is 20.0 Å². The minimum Gasteiger partial charge on any atom is -0.351 e. The molecule has 27 heavy (non-hydrogen) atoms. The number of likely N-dealkylation sites (N-methyl/N-ethyl adjacent to an activating group) is 1. The van der Waals surface area contributed by atoms with Crippen LogP contribution in [0.2, 0.25) is 0 Å². The molecule has 1 amide bonds. The van der Waals surface area contributed by atoms with Crippen molar-refractivity contribution >= 4 is 17.2 Å². The summed E-state index contributed by atoms with van der Waals surface area (Å²) in [4.78, 5) is 16.1. The van der Waals surface area contributed by atoms with E-state index in [1.807, 2.05) is 46.6 Å². The van der Waals surface area contributed by atoms with E-state index in [2.05, 4.69) is 36.2 Å². The summed E-state index contributed by atoms with van der Waals surface area (Å²) < 4.78 is 1.85. The van der Waals surface area contributed by atoms with E-state index in [4.69, 9.17) is 5.10 Å². The van der Waals surface area contributed by atoms with E-state index in [1.165, 1.54) is 0 Å². The fraction of sp³-hybridized carbons (Fsp3) is 0.333. The molecule has 0 aliphatic rings. The summed E-state index contributed by atoms with van der Waals surface area (Å²) in [5.74, 6) is -0.0649. The van der Waals surface area contributed by atoms with Gasteiger partial charge in [-0.05, 0) is 30.1 Å². The molecular formula is C21H26N4OS. The Morgan fingerprint density at radius 2 is 1.93 bits per heavy atom. The third-order valence-electron chi connectivity index (χ3n) is 4.56. The van der Waals surface area contributed by atoms with Gasteiger partial charge in [0.15, 0.2) is 0 Å². The average molecular weight is 383 g/mol. The zero-order valence-electron chi connectivity index (χ0n) is 15.9. The van der Waals surface area contributed by atoms with Gasteiger partial charge in [0.1, 0.15) is 5.69 Å². The minimum absolute atomic E-state index is 0.0649. The molecule has 0 atom stereocenters. The molecule has 5 nitrogen and oxygen atoms in total. The quantitative estimate of drug-likeness (QED) is 0.613. The lowest BCUT2D eigenvalue weighted by Gasteiger charge is -2.17. The zero-order chi connectivity index (χ0) is 19.1. The summed E-state index contributed by atoms with van der Waals surface area (Å²) in [6.07, 6.45) is 1.86. The molecule has 0 bridgehead atoms. The highest BCUT2D eigenvalue weighted by Crippen LogP contribution is 2.27. The molecule has 2 aromatic heterocycles. The van der Waals surface area contributed by atoms with Crippen LogP contribution < -0.4 is 5.32 Å². The molecule has 0 fully saturated rings. The molecule has 0 aliphatic carbocycles. The first-order chi connectivity index (χ1) is 13.2. The van der Waals surface area contributed by atoms with Crippen molar-refractivity contribution < 1.29 is 4.79 Å². The van der Waals surface area contributed by atoms with Crippen LogP contribution in [-0.2, 0) is 6.54 Å². The number of carbonyl (C=O) groups is 1. The molecular weight excluding hydrogens is 356 g/mol. The normalized spacial score (nSPS) is 11.1. The Morgan fingerprint density at radius 1 is 1.15 bits per heavy atom. The van der Waals surface area contributed by atoms with E-state index in [9.17, 15) is 4.79 Å². The summed E-state index contributed by atoms with van der Waals surface area (Å²) >= 11 is 1.60. The topological polar surface area (TPSA) is 50.2 Å². The summed E-state index contributed by atoms with van der Waals surface area (Å²) in [6, 6.07) is 14.1. The number of hydrogen-bond acceptors (Lipinski definition) is 4. The summed E-state index contributed by atoms with van der Waals surface area (Å²) in [5, 5.41) is 9.76. The molecule has 6 heteroatoms. The predicted octanol–water partition coefficient (Wildman–Crippen LogP) is 3.73. The number of rotatable bonds is 9. The van der Waals surface area contributed by atoms with E-state index in [0.717, 1.165) is 35.8 Å². The highest BCUT2D eigenvalue weighted by Gasteiger charge is 2.18. The van der Waals surface area contributed by atoms with Gasteiger partial charge in [0, 0.05) is 19.3 Å². The number of amides is 1. The van der Waals surface area contributed by atoms with Crippen LogP contribution in [0.3, 0.4) is 0 Å². The van der Waals surface area contributed by atoms with Crippen LogP contribution >= 0.6 is 11.3 Å². The van der Waals surface area contributed by atoms with Gasteiger partial charge < -0.3 is 10.2 Å². The van der Waals surface area contributed by atoms with Crippen LogP contribution in [0, 0.1) is 0 Å². The number of carbonyl (C=O) groups excluding carboxylic acids is 1. The molecule has 3 rings (SSSR count). The Labute approximate surface area is 164 Å². The SMILES string of the molecule is CCN(CC)CCNC(=O)c1cn(Cc2ccccc2)nc1-c1cccs1. The fourth-order valence-electron chi connectivity index (χ4n) is 3.00. The molecule has 0 radical (unpaired) electrons. The standard InChI is InChI=1S/C21H26N4OS/c1-3-24(4-2)13-12-22-21(26)18-16-25(15-17-9-6-5-7-10-17)23-20(18)19-11-8-14-27-19/h5-11,14,16H,3-4,12-13,15H2,1-2H3,(H,22,26). The van der Waals surface area contributed by atoms with Crippen molar-refractivity contribution in [3.8, 4) is 10.6 Å². The van der Waals surface area contributed by atoms with Gasteiger partial charge in [0.2, 0.25) is 0 Å². The lowest BCUT2D eigenvalue weighted by atomic mass is 10.2. The number of nitrogens with zero attached hydrogens (tertiary/aromatic N) is 3. The molecule has 1 aromatic carbocycles. The Balaban J connectivity index is 1.77. The van der Waals surface area contributed by atoms with Crippen molar-refractivity contribution in [1.29, 1.82) is 0 Å². The molecule has 0 spiro atoms. The van der Waals surface area contributed by atoms with Crippen LogP contribution in [0.1, 0.15) is 29.8 Å². The maximum Gasteiger partial charge on any atom is 0.255 e. The molecule has 142 valence electrons. The van der Waals surface area contributed by atoms with E-state index >= 15 is 0 Å². The van der Waals surface area contributed by atoms with Crippen LogP contribution in [0.4, 0.5) is 0 Å². The third-order valence-corrected chi connectivity index (χ3v) is 5.43. The van der Waals surface area contributed by atoms with Crippen LogP contribution in [-0.4, -0.2) is 46.8 Å². The Morgan fingerprint density at radius 3 is 2.59 bits per heavy atom. The van der Waals surface area contributed by atoms with Gasteiger partial charge in [-0.15, -0.1) is 11.3 Å². The molecule has 0 unspecified atom stereocenters. The maximum absolute atomic E-state index is 12.8. The number of aromatic nitrogens is 2. The smallest absolute Gasteiger partial charge is 0.255 e. The van der Waals surface area contributed by atoms with Crippen molar-refractivity contribution in [3.63, 3.8) is 0 Å². The summed E-state index contributed by atoms with van der Waals surface area (Å²) in [7, 11) is 0. The van der Waals surface area contributed by atoms with Gasteiger partial charge in [0.05, 0.1) is 17.0 Å². The van der Waals surface area contributed by atoms with Crippen LogP contribution in [0.25, 0.3) is 10.6 Å². The Kier molecular flexibility index (Phi) is 6.79. The summed E-state index contributed by atoms with van der Waals surface area (Å²) in [5.41, 5.74) is 2.54. The third kappa shape index (κ3) is 5.05. The van der Waals surface area contributed by atoms with Gasteiger partial charge >= 0.3 is 0 Å². The number of hydrogen-bond donors (Lipinski definition) is 1. The second-order valence-corrected chi connectivity index (χ2v) is 7.28. The zero-order valence-corrected chi connectivity index (χ0v) is 16.7. The second kappa shape index (κ2) is 9.48. The first kappa shape index (κ1) is 19.3. The molecule has 0 saturated heterocycles. The van der Waals surface area contributed by atoms with Crippen molar-refractivity contribution in [2.45, 2.75) is 20.4 Å². The maximum atomic E-state index is 12.8. The first-order valence-corrected chi connectivity index (χ1v) is 10.2. The lowest BCUT2D eigenvalue weighted by molar-refractivity contribution is 0.0949. The molecule has 1 N–H and O–H groups in total. The minimum atomic E-state index is -0.0649. The van der Waals surface area contributed by atoms with Crippen LogP contribution in [0.5, 0.6) is 0 Å². The number of benzene rings is 1. The fourth-order valence-corrected chi connectivity index (χ4v) is 3.72. The average Bonchev–Trinajstić information content (AvgIpc) is 3.35. The number of thiophene rings is 1. The Bertz CT molecular complexity index is 838. The highest BCUT2D eigenvalue weighted by molar-refractivity contribution is 7.13. The van der Waals surface area contributed by atoms with E-state index < -0.39 is 0 Å². The van der Waals surface area contributed by atoms with E-state index in [-0.39, 0.29) is 5.91 Å². The largest absolute Gasteiger partial charge is 0.351 e. The molecule has 0 aliphatic heterocycles. The number of nitrogens with one attached hydrogen (secondary N) is 1. The second-order valence-electron chi connectivity index (χ2n) is 6.33. The van der Waals surface area contributed by atoms with E-state index in [0.29, 0.717) is 18.7 Å². The van der Waals surface area contributed by atoms with Gasteiger partial charge in [-0.2, -0.15) is 5.10 Å².